The molecule has 0 spiro atoms. The molecule has 0 saturated carbocycles. The lowest BCUT2D eigenvalue weighted by atomic mass is 9.95. The van der Waals surface area contributed by atoms with Crippen molar-refractivity contribution >= 4 is 0 Å². The molecule has 0 radical (unpaired) electrons. The van der Waals surface area contributed by atoms with Gasteiger partial charge in [0.15, 0.2) is 0 Å². The molecule has 0 rings (SSSR count). The Labute approximate surface area is 51.5 Å². The van der Waals surface area contributed by atoms with Gasteiger partial charge in [0.25, 0.3) is 0 Å². The molecule has 0 aliphatic rings. The number of hydrogen-bond donors (Lipinski definition) is 1. The van der Waals surface area contributed by atoms with Gasteiger partial charge in [-0.1, -0.05) is 33.6 Å². The predicted molar refractivity (Wildman–Crippen MR) is 34.9 cm³/mol. The largest absolute Gasteiger partial charge is 0.850 e. The van der Waals surface area contributed by atoms with Crippen molar-refractivity contribution < 1.29 is 5.11 Å². The number of rotatable bonds is 1. The molecule has 0 aromatic heterocycles. The zero-order valence-electron chi connectivity index (χ0n) is 6.49. The highest BCUT2D eigenvalue weighted by molar-refractivity contribution is 4.65. The fraction of sp³-hybridized carbons (Fsp3) is 1.00. The van der Waals surface area contributed by atoms with Crippen LogP contribution in [-0.2, 0) is 0 Å². The maximum atomic E-state index is 10.8. The summed E-state index contributed by atoms with van der Waals surface area (Å²) in [5, 5.41) is 10.8. The molecule has 0 unspecified atom stereocenters. The summed E-state index contributed by atoms with van der Waals surface area (Å²) in [5.74, 6) is 0.243. The van der Waals surface area contributed by atoms with E-state index in [9.17, 15) is 5.11 Å². The molecule has 4 N–H and O–H groups in total. The first kappa shape index (κ1) is 10.8. The van der Waals surface area contributed by atoms with Crippen LogP contribution >= 0.6 is 0 Å². The molecular weight excluding hydrogens is 102 g/mol. The quantitative estimate of drug-likeness (QED) is 0.553. The minimum absolute atomic E-state index is 0. The van der Waals surface area contributed by atoms with E-state index < -0.39 is 5.60 Å². The van der Waals surface area contributed by atoms with E-state index >= 15 is 0 Å². The lowest BCUT2D eigenvalue weighted by Gasteiger charge is -2.36. The molecule has 0 atom stereocenters. The first-order valence-electron chi connectivity index (χ1n) is 2.65. The molecule has 0 aromatic carbocycles. The standard InChI is InChI=1S/C6H13O.H3N/c1-5(2)6(3,4)7;/h5H,1-4H3;1H3/q-1;/p+1. The van der Waals surface area contributed by atoms with Gasteiger partial charge in [-0.2, -0.15) is 0 Å². The van der Waals surface area contributed by atoms with Crippen LogP contribution in [0.4, 0.5) is 0 Å². The molecule has 8 heavy (non-hydrogen) atoms. The molecular formula is C6H17NO. The molecule has 0 bridgehead atoms. The van der Waals surface area contributed by atoms with Gasteiger partial charge in [0, 0.05) is 0 Å². The van der Waals surface area contributed by atoms with Crippen molar-refractivity contribution in [3.63, 3.8) is 0 Å². The molecule has 0 fully saturated rings. The van der Waals surface area contributed by atoms with E-state index in [1.54, 1.807) is 13.8 Å². The fourth-order valence-electron chi connectivity index (χ4n) is 0. The second-order valence-electron chi connectivity index (χ2n) is 2.76. The van der Waals surface area contributed by atoms with Crippen LogP contribution < -0.4 is 11.3 Å². The molecule has 0 amide bonds. The normalized spacial score (nSPS) is 11.2. The third kappa shape index (κ3) is 4.09. The maximum absolute atomic E-state index is 10.8. The molecule has 52 valence electrons. The Balaban J connectivity index is 0. The van der Waals surface area contributed by atoms with Crippen molar-refractivity contribution in [2.75, 3.05) is 0 Å². The average Bonchev–Trinajstić information content (AvgIpc) is 1.31. The summed E-state index contributed by atoms with van der Waals surface area (Å²) >= 11 is 0. The third-order valence-corrected chi connectivity index (χ3v) is 1.39. The van der Waals surface area contributed by atoms with Crippen LogP contribution in [0.3, 0.4) is 0 Å². The average molecular weight is 119 g/mol. The van der Waals surface area contributed by atoms with Crippen LogP contribution in [0.25, 0.3) is 0 Å². The molecule has 2 heteroatoms. The van der Waals surface area contributed by atoms with Crippen molar-refractivity contribution in [1.29, 1.82) is 0 Å². The minimum atomic E-state index is -0.750. The Kier molecular flexibility index (Phi) is 4.12. The van der Waals surface area contributed by atoms with E-state index in [1.165, 1.54) is 0 Å². The molecule has 2 nitrogen and oxygen atoms in total. The van der Waals surface area contributed by atoms with E-state index in [0.29, 0.717) is 0 Å². The van der Waals surface area contributed by atoms with Crippen LogP contribution in [0.5, 0.6) is 0 Å². The lowest BCUT2D eigenvalue weighted by Crippen LogP contribution is -2.41. The summed E-state index contributed by atoms with van der Waals surface area (Å²) in [5.41, 5.74) is -0.750. The van der Waals surface area contributed by atoms with Gasteiger partial charge in [-0.15, -0.1) is 5.60 Å². The molecule has 0 aromatic rings. The topological polar surface area (TPSA) is 59.6 Å². The Morgan fingerprint density at radius 3 is 1.38 bits per heavy atom. The smallest absolute Gasteiger partial charge is 0.0573 e. The zero-order chi connectivity index (χ0) is 6.08. The van der Waals surface area contributed by atoms with Crippen molar-refractivity contribution in [2.45, 2.75) is 33.3 Å². The van der Waals surface area contributed by atoms with Gasteiger partial charge in [0.2, 0.25) is 0 Å². The Morgan fingerprint density at radius 1 is 1.25 bits per heavy atom. The van der Waals surface area contributed by atoms with E-state index in [-0.39, 0.29) is 12.1 Å². The van der Waals surface area contributed by atoms with Crippen LogP contribution in [-0.4, -0.2) is 5.60 Å². The van der Waals surface area contributed by atoms with E-state index in [4.69, 9.17) is 0 Å². The van der Waals surface area contributed by atoms with Gasteiger partial charge in [-0.25, -0.2) is 0 Å². The summed E-state index contributed by atoms with van der Waals surface area (Å²) < 4.78 is 0. The first-order chi connectivity index (χ1) is 2.94. The van der Waals surface area contributed by atoms with Gasteiger partial charge in [0.1, 0.15) is 0 Å². The highest BCUT2D eigenvalue weighted by atomic mass is 16.3. The molecule has 0 aliphatic heterocycles. The van der Waals surface area contributed by atoms with Gasteiger partial charge < -0.3 is 11.3 Å². The Bertz CT molecular complexity index is 54.0. The van der Waals surface area contributed by atoms with Gasteiger partial charge in [0.05, 0.1) is 0 Å². The maximum Gasteiger partial charge on any atom is -0.0573 e. The van der Waals surface area contributed by atoms with Gasteiger partial charge in [-0.05, 0) is 0 Å². The van der Waals surface area contributed by atoms with Crippen molar-refractivity contribution in [3.8, 4) is 0 Å². The summed E-state index contributed by atoms with van der Waals surface area (Å²) in [6.45, 7) is 7.29. The predicted octanol–water partition coefficient (Wildman–Crippen LogP) is 1.16. The second-order valence-corrected chi connectivity index (χ2v) is 2.76. The van der Waals surface area contributed by atoms with Crippen LogP contribution in [0.2, 0.25) is 0 Å². The van der Waals surface area contributed by atoms with E-state index in [2.05, 4.69) is 0 Å². The summed E-state index contributed by atoms with van der Waals surface area (Å²) in [7, 11) is 0. The minimum Gasteiger partial charge on any atom is -0.850 e. The fourth-order valence-corrected chi connectivity index (χ4v) is 0. The van der Waals surface area contributed by atoms with E-state index in [1.807, 2.05) is 13.8 Å². The van der Waals surface area contributed by atoms with Crippen molar-refractivity contribution in [2.24, 2.45) is 5.92 Å². The Hall–Kier alpha value is -0.0800. The van der Waals surface area contributed by atoms with Gasteiger partial charge >= 0.3 is 0 Å². The van der Waals surface area contributed by atoms with Crippen LogP contribution in [0, 0.1) is 5.92 Å². The zero-order valence-corrected chi connectivity index (χ0v) is 6.49. The highest BCUT2D eigenvalue weighted by Crippen LogP contribution is 2.09. The SMILES string of the molecule is CC(C)C(C)(C)[O-].[NH4+]. The molecule has 0 heterocycles. The van der Waals surface area contributed by atoms with Crippen molar-refractivity contribution in [3.05, 3.63) is 0 Å². The number of hydrogen-bond acceptors (Lipinski definition) is 1. The highest BCUT2D eigenvalue weighted by Gasteiger charge is 2.05. The van der Waals surface area contributed by atoms with Gasteiger partial charge in [-0.3, -0.25) is 0 Å². The monoisotopic (exact) mass is 119 g/mol. The molecule has 0 aliphatic carbocycles. The van der Waals surface area contributed by atoms with Crippen LogP contribution in [0.1, 0.15) is 27.7 Å². The van der Waals surface area contributed by atoms with E-state index in [0.717, 1.165) is 0 Å². The van der Waals surface area contributed by atoms with Crippen molar-refractivity contribution in [1.82, 2.24) is 6.15 Å². The summed E-state index contributed by atoms with van der Waals surface area (Å²) in [4.78, 5) is 0. The van der Waals surface area contributed by atoms with Crippen LogP contribution in [0.15, 0.2) is 0 Å². The second kappa shape index (κ2) is 3.05. The lowest BCUT2D eigenvalue weighted by molar-refractivity contribution is -0.477. The first-order valence-corrected chi connectivity index (χ1v) is 2.65. The molecule has 0 saturated heterocycles. The summed E-state index contributed by atoms with van der Waals surface area (Å²) in [6.07, 6.45) is 0. The third-order valence-electron chi connectivity index (χ3n) is 1.39. The number of quaternary nitrogens is 1. The summed E-state index contributed by atoms with van der Waals surface area (Å²) in [6, 6.07) is 0. The Morgan fingerprint density at radius 2 is 1.38 bits per heavy atom.